The van der Waals surface area contributed by atoms with Gasteiger partial charge in [-0.3, -0.25) is 0 Å². The number of nitrogens with zero attached hydrogens (tertiary/aromatic N) is 2. The lowest BCUT2D eigenvalue weighted by atomic mass is 9.88. The van der Waals surface area contributed by atoms with Crippen LogP contribution in [-0.2, 0) is 0 Å². The molecular formula is C49H30N2O. The maximum Gasteiger partial charge on any atom is 0.136 e. The first kappa shape index (κ1) is 28.8. The standard InChI is InChI=1S/C49H30N2O/c1-2-13-32(14-3-1)49-40-30-45-48(39-20-7-11-24-44(39)52-45)46(47(40)38-19-4-8-21-41(38)50-49)34-16-12-15-33(29-34)31-25-27-35(28-26-31)51-42-22-9-5-17-36(42)37-18-6-10-23-43(37)51/h1-30H. The minimum absolute atomic E-state index is 0.860. The van der Waals surface area contributed by atoms with E-state index in [4.69, 9.17) is 9.40 Å². The van der Waals surface area contributed by atoms with Crippen LogP contribution in [-0.4, -0.2) is 9.55 Å². The molecule has 0 fully saturated rings. The van der Waals surface area contributed by atoms with Crippen LogP contribution in [0.4, 0.5) is 0 Å². The van der Waals surface area contributed by atoms with E-state index in [1.54, 1.807) is 0 Å². The van der Waals surface area contributed by atoms with Crippen molar-refractivity contribution in [3.8, 4) is 39.2 Å². The summed E-state index contributed by atoms with van der Waals surface area (Å²) >= 11 is 0. The number of hydrogen-bond acceptors (Lipinski definition) is 2. The quantitative estimate of drug-likeness (QED) is 0.176. The van der Waals surface area contributed by atoms with Gasteiger partial charge in [0.15, 0.2) is 0 Å². The highest BCUT2D eigenvalue weighted by Crippen LogP contribution is 2.46. The first-order chi connectivity index (χ1) is 25.8. The zero-order valence-electron chi connectivity index (χ0n) is 28.1. The van der Waals surface area contributed by atoms with Gasteiger partial charge in [0, 0.05) is 54.5 Å². The predicted octanol–water partition coefficient (Wildman–Crippen LogP) is 13.4. The van der Waals surface area contributed by atoms with E-state index in [2.05, 4.69) is 180 Å². The number of aromatic nitrogens is 2. The molecular weight excluding hydrogens is 633 g/mol. The van der Waals surface area contributed by atoms with Gasteiger partial charge < -0.3 is 8.98 Å². The first-order valence-corrected chi connectivity index (χ1v) is 17.7. The number of fused-ring (bicyclic) bond motifs is 9. The summed E-state index contributed by atoms with van der Waals surface area (Å²) in [5.41, 5.74) is 12.9. The Morgan fingerprint density at radius 1 is 0.385 bits per heavy atom. The van der Waals surface area contributed by atoms with E-state index >= 15 is 0 Å². The summed E-state index contributed by atoms with van der Waals surface area (Å²) in [4.78, 5) is 5.26. The molecule has 0 radical (unpaired) electrons. The van der Waals surface area contributed by atoms with Crippen LogP contribution in [0.3, 0.4) is 0 Å². The van der Waals surface area contributed by atoms with Crippen LogP contribution in [0.2, 0.25) is 0 Å². The first-order valence-electron chi connectivity index (χ1n) is 17.7. The molecule has 0 spiro atoms. The van der Waals surface area contributed by atoms with Gasteiger partial charge in [0.05, 0.1) is 22.2 Å². The van der Waals surface area contributed by atoms with Crippen molar-refractivity contribution < 1.29 is 4.42 Å². The van der Waals surface area contributed by atoms with Gasteiger partial charge >= 0.3 is 0 Å². The van der Waals surface area contributed by atoms with Crippen molar-refractivity contribution >= 4 is 65.4 Å². The van der Waals surface area contributed by atoms with Crippen molar-refractivity contribution in [3.63, 3.8) is 0 Å². The number of pyridine rings is 1. The lowest BCUT2D eigenvalue weighted by Gasteiger charge is -2.16. The maximum atomic E-state index is 6.62. The lowest BCUT2D eigenvalue weighted by molar-refractivity contribution is 0.669. The molecule has 0 atom stereocenters. The molecule has 3 aromatic heterocycles. The highest BCUT2D eigenvalue weighted by atomic mass is 16.3. The fourth-order valence-corrected chi connectivity index (χ4v) is 8.28. The predicted molar refractivity (Wildman–Crippen MR) is 217 cm³/mol. The van der Waals surface area contributed by atoms with E-state index < -0.39 is 0 Å². The zero-order chi connectivity index (χ0) is 34.2. The number of furan rings is 1. The van der Waals surface area contributed by atoms with Gasteiger partial charge in [-0.15, -0.1) is 0 Å². The molecule has 52 heavy (non-hydrogen) atoms. The topological polar surface area (TPSA) is 31.0 Å². The van der Waals surface area contributed by atoms with Crippen LogP contribution in [0.25, 0.3) is 105 Å². The Labute approximate surface area is 299 Å². The highest BCUT2D eigenvalue weighted by Gasteiger charge is 2.22. The summed E-state index contributed by atoms with van der Waals surface area (Å²) in [7, 11) is 0. The summed E-state index contributed by atoms with van der Waals surface area (Å²) in [6.07, 6.45) is 0. The van der Waals surface area contributed by atoms with Crippen LogP contribution in [0.5, 0.6) is 0 Å². The third kappa shape index (κ3) is 4.30. The van der Waals surface area contributed by atoms with Gasteiger partial charge in [0.25, 0.3) is 0 Å². The number of para-hydroxylation sites is 4. The third-order valence-corrected chi connectivity index (χ3v) is 10.6. The molecule has 3 heterocycles. The van der Waals surface area contributed by atoms with Crippen molar-refractivity contribution in [2.75, 3.05) is 0 Å². The molecule has 0 saturated heterocycles. The molecule has 0 bridgehead atoms. The fraction of sp³-hybridized carbons (Fsp3) is 0. The second-order valence-electron chi connectivity index (χ2n) is 13.5. The van der Waals surface area contributed by atoms with Gasteiger partial charge in [-0.1, -0.05) is 133 Å². The van der Waals surface area contributed by atoms with Crippen molar-refractivity contribution in [1.82, 2.24) is 9.55 Å². The molecule has 0 aliphatic heterocycles. The van der Waals surface area contributed by atoms with Crippen LogP contribution < -0.4 is 0 Å². The minimum atomic E-state index is 0.860. The Morgan fingerprint density at radius 3 is 1.77 bits per heavy atom. The fourth-order valence-electron chi connectivity index (χ4n) is 8.28. The lowest BCUT2D eigenvalue weighted by Crippen LogP contribution is -1.94. The molecule has 0 N–H and O–H groups in total. The third-order valence-electron chi connectivity index (χ3n) is 10.6. The van der Waals surface area contributed by atoms with Gasteiger partial charge in [0.2, 0.25) is 0 Å². The molecule has 0 saturated carbocycles. The van der Waals surface area contributed by atoms with E-state index in [9.17, 15) is 0 Å². The highest BCUT2D eigenvalue weighted by molar-refractivity contribution is 6.27. The van der Waals surface area contributed by atoms with Crippen molar-refractivity contribution in [3.05, 3.63) is 182 Å². The van der Waals surface area contributed by atoms with Crippen LogP contribution in [0.1, 0.15) is 0 Å². The molecule has 3 nitrogen and oxygen atoms in total. The van der Waals surface area contributed by atoms with Crippen LogP contribution >= 0.6 is 0 Å². The largest absolute Gasteiger partial charge is 0.456 e. The molecule has 3 heteroatoms. The molecule has 11 rings (SSSR count). The Hall–Kier alpha value is -6.97. The SMILES string of the molecule is c1ccc(-c2nc3ccccc3c3c(-c4cccc(-c5ccc(-n6c7ccccc7c7ccccc76)cc5)c4)c4c(cc23)oc2ccccc24)cc1. The van der Waals surface area contributed by atoms with Crippen molar-refractivity contribution in [2.45, 2.75) is 0 Å². The van der Waals surface area contributed by atoms with E-state index in [-0.39, 0.29) is 0 Å². The van der Waals surface area contributed by atoms with Crippen LogP contribution in [0, 0.1) is 0 Å². The van der Waals surface area contributed by atoms with E-state index in [0.717, 1.165) is 77.4 Å². The molecule has 11 aromatic rings. The Bertz CT molecular complexity index is 3120. The van der Waals surface area contributed by atoms with Gasteiger partial charge in [-0.25, -0.2) is 4.98 Å². The van der Waals surface area contributed by atoms with Crippen LogP contribution in [0.15, 0.2) is 186 Å². The van der Waals surface area contributed by atoms with Gasteiger partial charge in [0.1, 0.15) is 11.2 Å². The van der Waals surface area contributed by atoms with Gasteiger partial charge in [-0.2, -0.15) is 0 Å². The minimum Gasteiger partial charge on any atom is -0.456 e. The monoisotopic (exact) mass is 662 g/mol. The number of hydrogen-bond donors (Lipinski definition) is 0. The van der Waals surface area contributed by atoms with E-state index in [1.807, 2.05) is 6.07 Å². The van der Waals surface area contributed by atoms with Crippen molar-refractivity contribution in [1.29, 1.82) is 0 Å². The molecule has 242 valence electrons. The van der Waals surface area contributed by atoms with E-state index in [0.29, 0.717) is 0 Å². The Morgan fingerprint density at radius 2 is 1.00 bits per heavy atom. The zero-order valence-corrected chi connectivity index (χ0v) is 28.1. The Kier molecular flexibility index (Phi) is 6.25. The number of benzene rings is 8. The smallest absolute Gasteiger partial charge is 0.136 e. The number of rotatable bonds is 4. The molecule has 0 aliphatic rings. The van der Waals surface area contributed by atoms with E-state index in [1.165, 1.54) is 27.2 Å². The second kappa shape index (κ2) is 11.3. The summed E-state index contributed by atoms with van der Waals surface area (Å²) in [6.45, 7) is 0. The molecule has 0 amide bonds. The van der Waals surface area contributed by atoms with Crippen molar-refractivity contribution in [2.24, 2.45) is 0 Å². The molecule has 0 aliphatic carbocycles. The second-order valence-corrected chi connectivity index (χ2v) is 13.5. The normalized spacial score (nSPS) is 11.8. The average molecular weight is 663 g/mol. The Balaban J connectivity index is 1.15. The molecule has 0 unspecified atom stereocenters. The summed E-state index contributed by atoms with van der Waals surface area (Å²) < 4.78 is 8.99. The summed E-state index contributed by atoms with van der Waals surface area (Å²) in [5, 5.41) is 8.15. The summed E-state index contributed by atoms with van der Waals surface area (Å²) in [5.74, 6) is 0. The maximum absolute atomic E-state index is 6.62. The summed E-state index contributed by atoms with van der Waals surface area (Å²) in [6, 6.07) is 64.8. The molecule has 8 aromatic carbocycles. The average Bonchev–Trinajstić information content (AvgIpc) is 3.76. The van der Waals surface area contributed by atoms with Gasteiger partial charge in [-0.05, 0) is 65.2 Å².